The zero-order valence-electron chi connectivity index (χ0n) is 16.5. The summed E-state index contributed by atoms with van der Waals surface area (Å²) in [6, 6.07) is 13.4. The third-order valence-electron chi connectivity index (χ3n) is 5.70. The maximum atomic E-state index is 12.3. The first-order valence-corrected chi connectivity index (χ1v) is 9.92. The number of anilines is 1. The van der Waals surface area contributed by atoms with Gasteiger partial charge in [-0.1, -0.05) is 30.3 Å². The molecule has 162 valence electrons. The summed E-state index contributed by atoms with van der Waals surface area (Å²) >= 11 is 0. The Bertz CT molecular complexity index is 1010. The molecule has 0 amide bonds. The van der Waals surface area contributed by atoms with E-state index in [9.17, 15) is 18.7 Å². The van der Waals surface area contributed by atoms with Crippen LogP contribution in [0, 0.1) is 5.92 Å². The minimum absolute atomic E-state index is 0.112. The van der Waals surface area contributed by atoms with Gasteiger partial charge in [0.1, 0.15) is 17.3 Å². The van der Waals surface area contributed by atoms with Gasteiger partial charge in [0.15, 0.2) is 0 Å². The molecule has 31 heavy (non-hydrogen) atoms. The van der Waals surface area contributed by atoms with Gasteiger partial charge in [0, 0.05) is 17.8 Å². The van der Waals surface area contributed by atoms with Crippen LogP contribution < -0.4 is 10.1 Å². The van der Waals surface area contributed by atoms with Gasteiger partial charge in [-0.2, -0.15) is 8.78 Å². The third kappa shape index (κ3) is 4.59. The highest BCUT2D eigenvalue weighted by Gasteiger charge is 2.54. The van der Waals surface area contributed by atoms with Crippen molar-refractivity contribution in [3.8, 4) is 5.75 Å². The molecule has 1 saturated carbocycles. The molecule has 1 heterocycles. The van der Waals surface area contributed by atoms with E-state index in [1.165, 1.54) is 12.1 Å². The zero-order chi connectivity index (χ0) is 22.0. The number of carbonyl (C=O) groups is 1. The van der Waals surface area contributed by atoms with Gasteiger partial charge in [-0.05, 0) is 53.8 Å². The van der Waals surface area contributed by atoms with Crippen molar-refractivity contribution >= 4 is 23.4 Å². The molecule has 2 aliphatic rings. The van der Waals surface area contributed by atoms with Crippen molar-refractivity contribution < 1.29 is 28.5 Å². The van der Waals surface area contributed by atoms with Crippen LogP contribution in [0.3, 0.4) is 0 Å². The molecule has 0 aromatic heterocycles. The average Bonchev–Trinajstić information content (AvgIpc) is 3.44. The van der Waals surface area contributed by atoms with E-state index in [0.717, 1.165) is 29.7 Å². The summed E-state index contributed by atoms with van der Waals surface area (Å²) < 4.78 is 29.0. The molecule has 3 N–H and O–H groups in total. The summed E-state index contributed by atoms with van der Waals surface area (Å²) in [6.45, 7) is -3.31. The Morgan fingerprint density at radius 3 is 2.52 bits per heavy atom. The zero-order valence-corrected chi connectivity index (χ0v) is 16.5. The molecule has 2 unspecified atom stereocenters. The largest absolute Gasteiger partial charge is 0.481 e. The van der Waals surface area contributed by atoms with Crippen molar-refractivity contribution in [3.63, 3.8) is 0 Å². The van der Waals surface area contributed by atoms with E-state index in [1.54, 1.807) is 42.6 Å². The highest BCUT2D eigenvalue weighted by atomic mass is 19.3. The van der Waals surface area contributed by atoms with Gasteiger partial charge in [0.05, 0.1) is 6.61 Å². The molecule has 6 nitrogen and oxygen atoms in total. The summed E-state index contributed by atoms with van der Waals surface area (Å²) in [4.78, 5) is 16.0. The number of ether oxygens (including phenoxy) is 1. The topological polar surface area (TPSA) is 91.2 Å². The van der Waals surface area contributed by atoms with Crippen LogP contribution in [-0.2, 0) is 4.79 Å². The summed E-state index contributed by atoms with van der Waals surface area (Å²) in [7, 11) is 0. The molecule has 0 saturated heterocycles. The number of nitrogens with one attached hydrogen (secondary N) is 1. The predicted molar refractivity (Wildman–Crippen MR) is 113 cm³/mol. The number of aliphatic carboxylic acids is 1. The van der Waals surface area contributed by atoms with E-state index in [4.69, 9.17) is 10.1 Å². The number of allylic oxidation sites excluding steroid dienone is 2. The Morgan fingerprint density at radius 2 is 1.90 bits per heavy atom. The second-order valence-corrected chi connectivity index (χ2v) is 7.70. The first-order valence-electron chi connectivity index (χ1n) is 9.92. The maximum absolute atomic E-state index is 12.3. The van der Waals surface area contributed by atoms with Crippen LogP contribution in [0.4, 0.5) is 14.5 Å². The minimum atomic E-state index is -2.85. The van der Waals surface area contributed by atoms with E-state index in [2.05, 4.69) is 16.1 Å². The number of benzene rings is 2. The van der Waals surface area contributed by atoms with E-state index in [-0.39, 0.29) is 5.75 Å². The van der Waals surface area contributed by atoms with Gasteiger partial charge in [0.25, 0.3) is 0 Å². The molecule has 0 spiro atoms. The fourth-order valence-electron chi connectivity index (χ4n) is 3.84. The van der Waals surface area contributed by atoms with Crippen LogP contribution in [0.1, 0.15) is 29.9 Å². The van der Waals surface area contributed by atoms with E-state index in [0.29, 0.717) is 11.5 Å². The van der Waals surface area contributed by atoms with Crippen LogP contribution in [0.15, 0.2) is 59.6 Å². The van der Waals surface area contributed by atoms with Gasteiger partial charge in [0.2, 0.25) is 0 Å². The number of halogens is 2. The summed E-state index contributed by atoms with van der Waals surface area (Å²) in [5.41, 5.74) is 2.73. The maximum Gasteiger partial charge on any atom is 0.387 e. The lowest BCUT2D eigenvalue weighted by Crippen LogP contribution is -2.21. The number of nitrogens with zero attached hydrogens (tertiary/aromatic N) is 1. The van der Waals surface area contributed by atoms with Crippen LogP contribution in [-0.4, -0.2) is 41.3 Å². The Hall–Kier alpha value is -3.26. The number of alkyl halides is 2. The fraction of sp³-hybridized carbons (Fsp3) is 0.304. The fourth-order valence-corrected chi connectivity index (χ4v) is 3.84. The number of aliphatic hydroxyl groups excluding tert-OH is 1. The van der Waals surface area contributed by atoms with Crippen molar-refractivity contribution in [2.24, 2.45) is 10.9 Å². The Labute approximate surface area is 177 Å². The van der Waals surface area contributed by atoms with Gasteiger partial charge < -0.3 is 20.3 Å². The molecule has 0 bridgehead atoms. The van der Waals surface area contributed by atoms with Crippen molar-refractivity contribution in [3.05, 3.63) is 65.7 Å². The molecule has 0 radical (unpaired) electrons. The summed E-state index contributed by atoms with van der Waals surface area (Å²) in [6.07, 6.45) is 5.59. The van der Waals surface area contributed by atoms with Crippen molar-refractivity contribution in [2.75, 3.05) is 11.9 Å². The second kappa shape index (κ2) is 8.47. The highest BCUT2D eigenvalue weighted by molar-refractivity contribution is 6.10. The predicted octanol–water partition coefficient (Wildman–Crippen LogP) is 4.13. The number of rotatable bonds is 8. The monoisotopic (exact) mass is 428 g/mol. The molecule has 4 rings (SSSR count). The van der Waals surface area contributed by atoms with Crippen LogP contribution in [0.5, 0.6) is 5.75 Å². The minimum Gasteiger partial charge on any atom is -0.481 e. The molecule has 1 aliphatic heterocycles. The van der Waals surface area contributed by atoms with Gasteiger partial charge in [-0.25, -0.2) is 0 Å². The molecule has 1 aliphatic carbocycles. The van der Waals surface area contributed by atoms with Crippen molar-refractivity contribution in [2.45, 2.75) is 31.0 Å². The van der Waals surface area contributed by atoms with Crippen LogP contribution in [0.2, 0.25) is 0 Å². The number of carboxylic acid groups (broad SMARTS) is 1. The first kappa shape index (κ1) is 21.0. The number of fused-ring (bicyclic) bond motifs is 1. The SMILES string of the molecule is O=C(O)[C@@H](CO)c1ccc(NC23CC2CC=C(c2ccc(OC(F)F)cc2)C=N3)cc1. The van der Waals surface area contributed by atoms with E-state index in [1.807, 2.05) is 0 Å². The molecule has 2 aromatic carbocycles. The Balaban J connectivity index is 1.44. The molecule has 3 atom stereocenters. The number of carboxylic acids is 1. The lowest BCUT2D eigenvalue weighted by molar-refractivity contribution is -0.139. The van der Waals surface area contributed by atoms with E-state index < -0.39 is 30.8 Å². The molecule has 2 aromatic rings. The average molecular weight is 428 g/mol. The van der Waals surface area contributed by atoms with Crippen LogP contribution in [0.25, 0.3) is 5.57 Å². The van der Waals surface area contributed by atoms with Gasteiger partial charge in [-0.15, -0.1) is 0 Å². The lowest BCUT2D eigenvalue weighted by atomic mass is 10.00. The number of aliphatic imine (C=N–C) groups is 1. The number of hydrogen-bond acceptors (Lipinski definition) is 5. The Kier molecular flexibility index (Phi) is 5.73. The number of aliphatic hydroxyl groups is 1. The summed E-state index contributed by atoms with van der Waals surface area (Å²) in [5, 5.41) is 21.9. The molecule has 8 heteroatoms. The van der Waals surface area contributed by atoms with Crippen molar-refractivity contribution in [1.29, 1.82) is 0 Å². The highest BCUT2D eigenvalue weighted by Crippen LogP contribution is 2.51. The normalized spacial score (nSPS) is 22.8. The quantitative estimate of drug-likeness (QED) is 0.588. The Morgan fingerprint density at radius 1 is 1.19 bits per heavy atom. The van der Waals surface area contributed by atoms with Gasteiger partial charge in [-0.3, -0.25) is 9.79 Å². The second-order valence-electron chi connectivity index (χ2n) is 7.70. The lowest BCUT2D eigenvalue weighted by Gasteiger charge is -2.17. The molecular weight excluding hydrogens is 406 g/mol. The third-order valence-corrected chi connectivity index (χ3v) is 5.70. The molecule has 1 fully saturated rings. The van der Waals surface area contributed by atoms with Crippen molar-refractivity contribution in [1.82, 2.24) is 0 Å². The van der Waals surface area contributed by atoms with E-state index >= 15 is 0 Å². The smallest absolute Gasteiger partial charge is 0.387 e. The standard InChI is InChI=1S/C23H22F2N2O4/c24-22(25)31-19-9-4-14(5-10-19)16-1-6-17-11-23(17,26-12-16)27-18-7-2-15(3-8-18)20(13-28)21(29)30/h1-5,7-10,12,17,20,22,27-28H,6,11,13H2,(H,29,30)/t17?,20-,23?/m0/s1. The molecular formula is C23H22F2N2O4. The van der Waals surface area contributed by atoms with Gasteiger partial charge >= 0.3 is 12.6 Å². The summed E-state index contributed by atoms with van der Waals surface area (Å²) in [5.74, 6) is -1.57. The first-order chi connectivity index (χ1) is 14.9. The van der Waals surface area contributed by atoms with Crippen LogP contribution >= 0.6 is 0 Å². The number of hydrogen-bond donors (Lipinski definition) is 3.